The first-order valence-corrected chi connectivity index (χ1v) is 2.83. The minimum Gasteiger partial charge on any atom is -0.383 e. The van der Waals surface area contributed by atoms with Crippen LogP contribution in [0.1, 0.15) is 6.92 Å². The van der Waals surface area contributed by atoms with Crippen molar-refractivity contribution < 1.29 is 27.5 Å². The van der Waals surface area contributed by atoms with Gasteiger partial charge in [-0.1, -0.05) is 6.08 Å². The number of rotatable bonds is 1. The Labute approximate surface area is 65.8 Å². The van der Waals surface area contributed by atoms with E-state index >= 15 is 0 Å². The summed E-state index contributed by atoms with van der Waals surface area (Å²) in [4.78, 5) is 20.2. The smallest absolute Gasteiger partial charge is 0.383 e. The van der Waals surface area contributed by atoms with Crippen molar-refractivity contribution >= 4 is 11.9 Å². The van der Waals surface area contributed by atoms with E-state index in [0.29, 0.717) is 6.08 Å². The minimum atomic E-state index is -5.13. The standard InChI is InChI=1S/C6H5F3O3/c1-2-3-4(10)12-5(11)6(7,8)9/h2-3H,1H3. The van der Waals surface area contributed by atoms with Crippen molar-refractivity contribution in [3.05, 3.63) is 12.2 Å². The minimum absolute atomic E-state index is 0.712. The first-order valence-electron chi connectivity index (χ1n) is 2.83. The van der Waals surface area contributed by atoms with Gasteiger partial charge in [0.05, 0.1) is 0 Å². The summed E-state index contributed by atoms with van der Waals surface area (Å²) >= 11 is 0. The van der Waals surface area contributed by atoms with Crippen LogP contribution in [0.5, 0.6) is 0 Å². The molecule has 6 heteroatoms. The van der Waals surface area contributed by atoms with Gasteiger partial charge in [-0.2, -0.15) is 13.2 Å². The number of allylic oxidation sites excluding steroid dienone is 1. The van der Waals surface area contributed by atoms with Gasteiger partial charge in [-0.05, 0) is 6.92 Å². The molecule has 3 nitrogen and oxygen atoms in total. The maximum absolute atomic E-state index is 11.4. The molecule has 0 saturated carbocycles. The number of carbonyl (C=O) groups is 2. The number of hydrogen-bond donors (Lipinski definition) is 0. The van der Waals surface area contributed by atoms with Crippen molar-refractivity contribution in [1.29, 1.82) is 0 Å². The molecule has 0 radical (unpaired) electrons. The van der Waals surface area contributed by atoms with Crippen molar-refractivity contribution in [2.45, 2.75) is 13.1 Å². The second-order valence-corrected chi connectivity index (χ2v) is 1.71. The lowest BCUT2D eigenvalue weighted by Crippen LogP contribution is -2.27. The molecule has 0 heterocycles. The molecule has 0 fully saturated rings. The Morgan fingerprint density at radius 3 is 2.17 bits per heavy atom. The lowest BCUT2D eigenvalue weighted by atomic mass is 10.5. The Morgan fingerprint density at radius 1 is 1.33 bits per heavy atom. The van der Waals surface area contributed by atoms with E-state index in [1.54, 1.807) is 0 Å². The number of carbonyl (C=O) groups excluding carboxylic acids is 2. The van der Waals surface area contributed by atoms with Crippen LogP contribution in [0, 0.1) is 0 Å². The van der Waals surface area contributed by atoms with E-state index in [0.717, 1.165) is 6.08 Å². The van der Waals surface area contributed by atoms with Crippen LogP contribution in [0.2, 0.25) is 0 Å². The Morgan fingerprint density at radius 2 is 1.83 bits per heavy atom. The van der Waals surface area contributed by atoms with Gasteiger partial charge in [0.15, 0.2) is 0 Å². The summed E-state index contributed by atoms with van der Waals surface area (Å²) in [5, 5.41) is 0. The molecular weight excluding hydrogens is 177 g/mol. The van der Waals surface area contributed by atoms with Crippen LogP contribution in [0.15, 0.2) is 12.2 Å². The third kappa shape index (κ3) is 3.75. The van der Waals surface area contributed by atoms with Gasteiger partial charge >= 0.3 is 18.1 Å². The first kappa shape index (κ1) is 10.7. The van der Waals surface area contributed by atoms with Gasteiger partial charge in [-0.15, -0.1) is 0 Å². The molecule has 0 unspecified atom stereocenters. The second-order valence-electron chi connectivity index (χ2n) is 1.71. The van der Waals surface area contributed by atoms with Gasteiger partial charge in [-0.3, -0.25) is 0 Å². The summed E-state index contributed by atoms with van der Waals surface area (Å²) in [6.07, 6.45) is -3.26. The van der Waals surface area contributed by atoms with Gasteiger partial charge in [0.25, 0.3) is 0 Å². The van der Waals surface area contributed by atoms with E-state index < -0.39 is 18.1 Å². The molecule has 12 heavy (non-hydrogen) atoms. The molecule has 0 aliphatic rings. The molecule has 0 spiro atoms. The van der Waals surface area contributed by atoms with Crippen LogP contribution in [0.4, 0.5) is 13.2 Å². The van der Waals surface area contributed by atoms with E-state index in [-0.39, 0.29) is 0 Å². The molecule has 0 rings (SSSR count). The van der Waals surface area contributed by atoms with Crippen LogP contribution in [-0.2, 0) is 14.3 Å². The average molecular weight is 182 g/mol. The van der Waals surface area contributed by atoms with Crippen LogP contribution in [-0.4, -0.2) is 18.1 Å². The number of alkyl halides is 3. The topological polar surface area (TPSA) is 43.4 Å². The summed E-state index contributed by atoms with van der Waals surface area (Å²) in [6, 6.07) is 0. The van der Waals surface area contributed by atoms with E-state index in [2.05, 4.69) is 4.74 Å². The fourth-order valence-electron chi connectivity index (χ4n) is 0.319. The fourth-order valence-corrected chi connectivity index (χ4v) is 0.319. The van der Waals surface area contributed by atoms with Crippen molar-refractivity contribution in [2.24, 2.45) is 0 Å². The van der Waals surface area contributed by atoms with Crippen LogP contribution in [0.3, 0.4) is 0 Å². The molecule has 0 bridgehead atoms. The number of ether oxygens (including phenoxy) is 1. The van der Waals surface area contributed by atoms with Crippen molar-refractivity contribution in [3.63, 3.8) is 0 Å². The number of hydrogen-bond acceptors (Lipinski definition) is 3. The molecule has 0 aliphatic carbocycles. The third-order valence-corrected chi connectivity index (χ3v) is 0.727. The van der Waals surface area contributed by atoms with Crippen molar-refractivity contribution in [2.75, 3.05) is 0 Å². The van der Waals surface area contributed by atoms with E-state index in [4.69, 9.17) is 0 Å². The highest BCUT2D eigenvalue weighted by molar-refractivity contribution is 5.93. The Kier molecular flexibility index (Phi) is 3.46. The number of esters is 2. The van der Waals surface area contributed by atoms with Gasteiger partial charge in [0.2, 0.25) is 0 Å². The summed E-state index contributed by atoms with van der Waals surface area (Å²) in [5.41, 5.74) is 0. The molecule has 0 aromatic carbocycles. The molecule has 0 atom stereocenters. The normalized spacial score (nSPS) is 11.7. The largest absolute Gasteiger partial charge is 0.491 e. The molecule has 0 aromatic heterocycles. The molecule has 68 valence electrons. The zero-order valence-electron chi connectivity index (χ0n) is 6.01. The van der Waals surface area contributed by atoms with Gasteiger partial charge in [0.1, 0.15) is 0 Å². The predicted molar refractivity (Wildman–Crippen MR) is 32.0 cm³/mol. The zero-order chi connectivity index (χ0) is 9.78. The maximum Gasteiger partial charge on any atom is 0.491 e. The van der Waals surface area contributed by atoms with Crippen molar-refractivity contribution in [3.8, 4) is 0 Å². The van der Waals surface area contributed by atoms with Crippen LogP contribution < -0.4 is 0 Å². The summed E-state index contributed by atoms with van der Waals surface area (Å²) in [5.74, 6) is -3.84. The zero-order valence-corrected chi connectivity index (χ0v) is 6.01. The van der Waals surface area contributed by atoms with Gasteiger partial charge < -0.3 is 4.74 Å². The Hall–Kier alpha value is -1.33. The number of halogens is 3. The van der Waals surface area contributed by atoms with E-state index in [9.17, 15) is 22.8 Å². The van der Waals surface area contributed by atoms with E-state index in [1.165, 1.54) is 6.92 Å². The fraction of sp³-hybridized carbons (Fsp3) is 0.333. The van der Waals surface area contributed by atoms with Crippen molar-refractivity contribution in [1.82, 2.24) is 0 Å². The molecular formula is C6H5F3O3. The molecule has 0 aliphatic heterocycles. The van der Waals surface area contributed by atoms with Gasteiger partial charge in [-0.25, -0.2) is 9.59 Å². The first-order chi connectivity index (χ1) is 5.38. The quantitative estimate of drug-likeness (QED) is 0.347. The lowest BCUT2D eigenvalue weighted by molar-refractivity contribution is -0.200. The molecule has 0 saturated heterocycles. The lowest BCUT2D eigenvalue weighted by Gasteiger charge is -2.02. The molecule has 0 N–H and O–H groups in total. The summed E-state index contributed by atoms with van der Waals surface area (Å²) in [6.45, 7) is 1.40. The summed E-state index contributed by atoms with van der Waals surface area (Å²) < 4.78 is 37.6. The van der Waals surface area contributed by atoms with Crippen LogP contribution in [0.25, 0.3) is 0 Å². The highest BCUT2D eigenvalue weighted by Gasteiger charge is 2.42. The average Bonchev–Trinajstić information content (AvgIpc) is 1.85. The monoisotopic (exact) mass is 182 g/mol. The molecule has 0 aromatic rings. The van der Waals surface area contributed by atoms with Gasteiger partial charge in [0, 0.05) is 6.08 Å². The SMILES string of the molecule is CC=CC(=O)OC(=O)C(F)(F)F. The second kappa shape index (κ2) is 3.89. The Balaban J connectivity index is 4.11. The highest BCUT2D eigenvalue weighted by Crippen LogP contribution is 2.16. The Bertz CT molecular complexity index is 217. The third-order valence-electron chi connectivity index (χ3n) is 0.727. The summed E-state index contributed by atoms with van der Waals surface area (Å²) in [7, 11) is 0. The van der Waals surface area contributed by atoms with E-state index in [1.807, 2.05) is 0 Å². The molecule has 0 amide bonds. The maximum atomic E-state index is 11.4. The predicted octanol–water partition coefficient (Wildman–Crippen LogP) is 1.19. The highest BCUT2D eigenvalue weighted by atomic mass is 19.4. The van der Waals surface area contributed by atoms with Crippen LogP contribution >= 0.6 is 0 Å².